The number of anilines is 1. The first-order chi connectivity index (χ1) is 16.2. The number of aromatic nitrogens is 2. The fourth-order valence-electron chi connectivity index (χ4n) is 4.02. The Kier molecular flexibility index (Phi) is 6.13. The Balaban J connectivity index is 1.29. The zero-order chi connectivity index (χ0) is 22.6. The minimum atomic E-state index is -0.195. The molecule has 3 heterocycles. The lowest BCUT2D eigenvalue weighted by Crippen LogP contribution is -2.27. The molecule has 4 aromatic rings. The molecular weight excluding hydrogens is 432 g/mol. The fraction of sp³-hybridized carbons (Fsp3) is 0.192. The summed E-state index contributed by atoms with van der Waals surface area (Å²) < 4.78 is 1.99. The molecule has 0 spiro atoms. The monoisotopic (exact) mass is 456 g/mol. The molecule has 2 aromatic heterocycles. The van der Waals surface area contributed by atoms with E-state index in [0.29, 0.717) is 22.6 Å². The highest BCUT2D eigenvalue weighted by atomic mass is 32.2. The van der Waals surface area contributed by atoms with Crippen molar-refractivity contribution in [2.75, 3.05) is 18.4 Å². The number of carbonyl (C=O) groups excluding carboxylic acids is 2. The largest absolute Gasteiger partial charge is 0.339 e. The number of hydrogen-bond acceptors (Lipinski definition) is 4. The number of pyridine rings is 1. The molecule has 166 valence electrons. The lowest BCUT2D eigenvalue weighted by atomic mass is 10.1. The van der Waals surface area contributed by atoms with Gasteiger partial charge in [0.2, 0.25) is 0 Å². The molecule has 1 aliphatic heterocycles. The highest BCUT2D eigenvalue weighted by Crippen LogP contribution is 2.27. The number of carbonyl (C=O) groups is 2. The van der Waals surface area contributed by atoms with Gasteiger partial charge in [-0.2, -0.15) is 0 Å². The molecule has 0 unspecified atom stereocenters. The highest BCUT2D eigenvalue weighted by Gasteiger charge is 2.20. The molecule has 7 heteroatoms. The molecule has 0 saturated carbocycles. The molecule has 1 aliphatic rings. The van der Waals surface area contributed by atoms with E-state index in [-0.39, 0.29) is 11.8 Å². The fourth-order valence-corrected chi connectivity index (χ4v) is 4.95. The molecule has 33 heavy (non-hydrogen) atoms. The average Bonchev–Trinajstić information content (AvgIpc) is 3.52. The van der Waals surface area contributed by atoms with Crippen molar-refractivity contribution in [2.45, 2.75) is 23.5 Å². The van der Waals surface area contributed by atoms with E-state index in [1.54, 1.807) is 23.9 Å². The Labute approximate surface area is 196 Å². The average molecular weight is 457 g/mol. The minimum Gasteiger partial charge on any atom is -0.339 e. The van der Waals surface area contributed by atoms with Crippen molar-refractivity contribution in [1.29, 1.82) is 0 Å². The third kappa shape index (κ3) is 4.78. The van der Waals surface area contributed by atoms with Crippen molar-refractivity contribution in [3.05, 3.63) is 95.9 Å². The normalized spacial score (nSPS) is 13.4. The standard InChI is InChI=1S/C26H24N4O2S/c31-25(28-20-9-7-8-19(16-20)26(32)29-13-5-6-14-29)22-10-1-2-11-23(22)33-18-21-17-30-15-4-3-12-24(30)27-21/h1-4,7-12,15-17H,5-6,13-14,18H2,(H,28,31). The molecule has 2 amide bonds. The van der Waals surface area contributed by atoms with Crippen LogP contribution in [-0.4, -0.2) is 39.2 Å². The van der Waals surface area contributed by atoms with Gasteiger partial charge in [-0.15, -0.1) is 11.8 Å². The van der Waals surface area contributed by atoms with Crippen LogP contribution in [0.1, 0.15) is 39.3 Å². The summed E-state index contributed by atoms with van der Waals surface area (Å²) in [6, 6.07) is 20.6. The molecule has 0 bridgehead atoms. The minimum absolute atomic E-state index is 0.0204. The number of hydrogen-bond donors (Lipinski definition) is 1. The number of thioether (sulfide) groups is 1. The molecule has 2 aromatic carbocycles. The zero-order valence-corrected chi connectivity index (χ0v) is 18.9. The lowest BCUT2D eigenvalue weighted by molar-refractivity contribution is 0.0792. The number of likely N-dealkylation sites (tertiary alicyclic amines) is 1. The Morgan fingerprint density at radius 1 is 0.970 bits per heavy atom. The summed E-state index contributed by atoms with van der Waals surface area (Å²) in [5.41, 5.74) is 3.67. The number of nitrogens with one attached hydrogen (secondary N) is 1. The van der Waals surface area contributed by atoms with Crippen LogP contribution in [0.15, 0.2) is 84.0 Å². The number of rotatable bonds is 6. The topological polar surface area (TPSA) is 66.7 Å². The molecule has 1 N–H and O–H groups in total. The van der Waals surface area contributed by atoms with E-state index in [4.69, 9.17) is 0 Å². The van der Waals surface area contributed by atoms with Gasteiger partial charge in [0.1, 0.15) is 5.65 Å². The first-order valence-corrected chi connectivity index (χ1v) is 12.0. The van der Waals surface area contributed by atoms with E-state index in [1.807, 2.05) is 76.3 Å². The van der Waals surface area contributed by atoms with Gasteiger partial charge in [-0.1, -0.05) is 24.3 Å². The summed E-state index contributed by atoms with van der Waals surface area (Å²) in [7, 11) is 0. The summed E-state index contributed by atoms with van der Waals surface area (Å²) in [6.45, 7) is 1.60. The third-order valence-corrected chi connectivity index (χ3v) is 6.79. The molecule has 1 fully saturated rings. The van der Waals surface area contributed by atoms with Gasteiger partial charge < -0.3 is 14.6 Å². The van der Waals surface area contributed by atoms with Crippen molar-refractivity contribution in [3.63, 3.8) is 0 Å². The van der Waals surface area contributed by atoms with Crippen molar-refractivity contribution in [1.82, 2.24) is 14.3 Å². The lowest BCUT2D eigenvalue weighted by Gasteiger charge is -2.16. The van der Waals surface area contributed by atoms with Crippen LogP contribution in [-0.2, 0) is 5.75 Å². The predicted octanol–water partition coefficient (Wildman–Crippen LogP) is 5.11. The maximum absolute atomic E-state index is 13.1. The van der Waals surface area contributed by atoms with Gasteiger partial charge in [-0.3, -0.25) is 9.59 Å². The van der Waals surface area contributed by atoms with Crippen LogP contribution in [0.25, 0.3) is 5.65 Å². The molecule has 6 nitrogen and oxygen atoms in total. The second-order valence-corrected chi connectivity index (χ2v) is 9.03. The van der Waals surface area contributed by atoms with Crippen LogP contribution >= 0.6 is 11.8 Å². The zero-order valence-electron chi connectivity index (χ0n) is 18.1. The van der Waals surface area contributed by atoms with Gasteiger partial charge in [-0.05, 0) is 55.3 Å². The summed E-state index contributed by atoms with van der Waals surface area (Å²) >= 11 is 1.58. The summed E-state index contributed by atoms with van der Waals surface area (Å²) in [5, 5.41) is 2.96. The van der Waals surface area contributed by atoms with Gasteiger partial charge >= 0.3 is 0 Å². The van der Waals surface area contributed by atoms with Crippen molar-refractivity contribution < 1.29 is 9.59 Å². The van der Waals surface area contributed by atoms with Crippen LogP contribution in [0.4, 0.5) is 5.69 Å². The molecule has 1 saturated heterocycles. The SMILES string of the molecule is O=C(Nc1cccc(C(=O)N2CCCC2)c1)c1ccccc1SCc1cn2ccccc2n1. The maximum atomic E-state index is 13.1. The first-order valence-electron chi connectivity index (χ1n) is 11.0. The van der Waals surface area contributed by atoms with E-state index >= 15 is 0 Å². The van der Waals surface area contributed by atoms with E-state index in [2.05, 4.69) is 10.3 Å². The van der Waals surface area contributed by atoms with Crippen LogP contribution in [0.3, 0.4) is 0 Å². The Bertz CT molecular complexity index is 1280. The number of benzene rings is 2. The number of amides is 2. The Hall–Kier alpha value is -3.58. The molecular formula is C26H24N4O2S. The van der Waals surface area contributed by atoms with Crippen LogP contribution in [0, 0.1) is 0 Å². The summed E-state index contributed by atoms with van der Waals surface area (Å²) in [6.07, 6.45) is 6.07. The highest BCUT2D eigenvalue weighted by molar-refractivity contribution is 7.98. The molecule has 0 radical (unpaired) electrons. The number of imidazole rings is 1. The van der Waals surface area contributed by atoms with Crippen LogP contribution in [0.5, 0.6) is 0 Å². The van der Waals surface area contributed by atoms with Gasteiger partial charge in [0.15, 0.2) is 0 Å². The number of fused-ring (bicyclic) bond motifs is 1. The number of nitrogens with zero attached hydrogens (tertiary/aromatic N) is 3. The predicted molar refractivity (Wildman–Crippen MR) is 131 cm³/mol. The maximum Gasteiger partial charge on any atom is 0.256 e. The first kappa shape index (κ1) is 21.3. The smallest absolute Gasteiger partial charge is 0.256 e. The Morgan fingerprint density at radius 3 is 2.64 bits per heavy atom. The van der Waals surface area contributed by atoms with Crippen molar-refractivity contribution in [3.8, 4) is 0 Å². The van der Waals surface area contributed by atoms with E-state index in [1.165, 1.54) is 0 Å². The Morgan fingerprint density at radius 2 is 1.79 bits per heavy atom. The van der Waals surface area contributed by atoms with Crippen LogP contribution in [0.2, 0.25) is 0 Å². The van der Waals surface area contributed by atoms with Gasteiger partial charge in [-0.25, -0.2) is 4.98 Å². The summed E-state index contributed by atoms with van der Waals surface area (Å²) in [4.78, 5) is 33.2. The van der Waals surface area contributed by atoms with E-state index in [0.717, 1.165) is 42.2 Å². The second-order valence-electron chi connectivity index (χ2n) is 8.02. The molecule has 0 atom stereocenters. The van der Waals surface area contributed by atoms with E-state index in [9.17, 15) is 9.59 Å². The third-order valence-electron chi connectivity index (χ3n) is 5.68. The quantitative estimate of drug-likeness (QED) is 0.409. The second kappa shape index (κ2) is 9.50. The van der Waals surface area contributed by atoms with Gasteiger partial charge in [0, 0.05) is 47.4 Å². The molecule has 0 aliphatic carbocycles. The summed E-state index contributed by atoms with van der Waals surface area (Å²) in [5.74, 6) is 0.483. The van der Waals surface area contributed by atoms with E-state index < -0.39 is 0 Å². The van der Waals surface area contributed by atoms with Gasteiger partial charge in [0.05, 0.1) is 11.3 Å². The van der Waals surface area contributed by atoms with Gasteiger partial charge in [0.25, 0.3) is 11.8 Å². The van der Waals surface area contributed by atoms with Crippen LogP contribution < -0.4 is 5.32 Å². The van der Waals surface area contributed by atoms with Crippen molar-refractivity contribution >= 4 is 34.9 Å². The van der Waals surface area contributed by atoms with Crippen molar-refractivity contribution in [2.24, 2.45) is 0 Å². The molecule has 5 rings (SSSR count).